The van der Waals surface area contributed by atoms with Crippen molar-refractivity contribution >= 4 is 23.4 Å². The molecule has 32 heavy (non-hydrogen) atoms. The minimum Gasteiger partial charge on any atom is -0.341 e. The zero-order valence-corrected chi connectivity index (χ0v) is 18.3. The number of benzene rings is 2. The second-order valence-electron chi connectivity index (χ2n) is 8.40. The van der Waals surface area contributed by atoms with Gasteiger partial charge in [-0.25, -0.2) is 4.39 Å². The van der Waals surface area contributed by atoms with E-state index < -0.39 is 17.8 Å². The fourth-order valence-corrected chi connectivity index (χ4v) is 4.46. The molecule has 1 atom stereocenters. The van der Waals surface area contributed by atoms with E-state index in [0.717, 1.165) is 30.4 Å². The van der Waals surface area contributed by atoms with Gasteiger partial charge in [0.05, 0.1) is 5.56 Å². The summed E-state index contributed by atoms with van der Waals surface area (Å²) in [6.45, 7) is 3.33. The zero-order valence-electron chi connectivity index (χ0n) is 18.3. The molecule has 168 valence electrons. The fourth-order valence-electron chi connectivity index (χ4n) is 4.46. The Bertz CT molecular complexity index is 1030. The topological polar surface area (TPSA) is 69.7 Å². The molecule has 2 aromatic rings. The highest BCUT2D eigenvalue weighted by Gasteiger charge is 2.38. The smallest absolute Gasteiger partial charge is 0.257 e. The second kappa shape index (κ2) is 9.51. The molecule has 0 spiro atoms. The van der Waals surface area contributed by atoms with Crippen LogP contribution < -0.4 is 5.32 Å². The number of carbonyl (C=O) groups excluding carboxylic acids is 3. The standard InChI is InChI=1S/C25H28FN3O3/c1-2-23(30)27-19-11-10-17-15-22(25(32)28-12-6-3-7-13-28)29(16-18(17)14-19)24(31)20-8-4-5-9-21(20)26/h4-5,8-11,14,22H,2-3,6-7,12-13,15-16H2,1H3,(H,27,30). The SMILES string of the molecule is CCC(=O)Nc1ccc2c(c1)CN(C(=O)c1ccccc1F)C(C(=O)N1CCCCC1)C2. The number of carbonyl (C=O) groups is 3. The molecule has 3 amide bonds. The van der Waals surface area contributed by atoms with Gasteiger partial charge in [0.2, 0.25) is 11.8 Å². The summed E-state index contributed by atoms with van der Waals surface area (Å²) in [5.74, 6) is -1.27. The maximum Gasteiger partial charge on any atom is 0.257 e. The lowest BCUT2D eigenvalue weighted by Crippen LogP contribution is -2.54. The third-order valence-corrected chi connectivity index (χ3v) is 6.26. The molecule has 0 bridgehead atoms. The van der Waals surface area contributed by atoms with Crippen LogP contribution >= 0.6 is 0 Å². The van der Waals surface area contributed by atoms with Crippen molar-refractivity contribution in [2.75, 3.05) is 18.4 Å². The number of anilines is 1. The lowest BCUT2D eigenvalue weighted by atomic mass is 9.91. The highest BCUT2D eigenvalue weighted by molar-refractivity contribution is 5.98. The van der Waals surface area contributed by atoms with Crippen LogP contribution in [-0.4, -0.2) is 46.7 Å². The molecular weight excluding hydrogens is 409 g/mol. The van der Waals surface area contributed by atoms with E-state index >= 15 is 0 Å². The van der Waals surface area contributed by atoms with Crippen molar-refractivity contribution in [3.05, 3.63) is 65.0 Å². The molecule has 1 N–H and O–H groups in total. The van der Waals surface area contributed by atoms with E-state index in [2.05, 4.69) is 5.32 Å². The Labute approximate surface area is 187 Å². The number of hydrogen-bond acceptors (Lipinski definition) is 3. The Morgan fingerprint density at radius 2 is 1.78 bits per heavy atom. The largest absolute Gasteiger partial charge is 0.341 e. The van der Waals surface area contributed by atoms with E-state index in [-0.39, 0.29) is 23.9 Å². The number of amides is 3. The van der Waals surface area contributed by atoms with Gasteiger partial charge < -0.3 is 15.1 Å². The van der Waals surface area contributed by atoms with Gasteiger partial charge in [-0.1, -0.05) is 25.1 Å². The number of likely N-dealkylation sites (tertiary alicyclic amines) is 1. The number of hydrogen-bond donors (Lipinski definition) is 1. The summed E-state index contributed by atoms with van der Waals surface area (Å²) in [6.07, 6.45) is 3.74. The van der Waals surface area contributed by atoms with Crippen molar-refractivity contribution in [2.24, 2.45) is 0 Å². The molecule has 2 aromatic carbocycles. The molecular formula is C25H28FN3O3. The quantitative estimate of drug-likeness (QED) is 0.792. The second-order valence-corrected chi connectivity index (χ2v) is 8.40. The first kappa shape index (κ1) is 22.0. The molecule has 4 rings (SSSR count). The van der Waals surface area contributed by atoms with Crippen molar-refractivity contribution in [1.29, 1.82) is 0 Å². The van der Waals surface area contributed by atoms with Gasteiger partial charge in [0.25, 0.3) is 5.91 Å². The van der Waals surface area contributed by atoms with Crippen LogP contribution in [0.25, 0.3) is 0 Å². The molecule has 0 aromatic heterocycles. The summed E-state index contributed by atoms with van der Waals surface area (Å²) in [7, 11) is 0. The summed E-state index contributed by atoms with van der Waals surface area (Å²) >= 11 is 0. The van der Waals surface area contributed by atoms with E-state index in [4.69, 9.17) is 0 Å². The molecule has 0 aliphatic carbocycles. The van der Waals surface area contributed by atoms with Crippen molar-refractivity contribution in [2.45, 2.75) is 51.6 Å². The van der Waals surface area contributed by atoms with E-state index in [9.17, 15) is 18.8 Å². The summed E-state index contributed by atoms with van der Waals surface area (Å²) in [5, 5.41) is 2.83. The average molecular weight is 438 g/mol. The summed E-state index contributed by atoms with van der Waals surface area (Å²) < 4.78 is 14.4. The number of fused-ring (bicyclic) bond motifs is 1. The lowest BCUT2D eigenvalue weighted by molar-refractivity contribution is -0.137. The Balaban J connectivity index is 1.67. The van der Waals surface area contributed by atoms with E-state index in [0.29, 0.717) is 31.6 Å². The Hall–Kier alpha value is -3.22. The van der Waals surface area contributed by atoms with Crippen molar-refractivity contribution in [3.8, 4) is 0 Å². The predicted molar refractivity (Wildman–Crippen MR) is 120 cm³/mol. The van der Waals surface area contributed by atoms with Crippen LogP contribution in [0.5, 0.6) is 0 Å². The van der Waals surface area contributed by atoms with Gasteiger partial charge in [0.15, 0.2) is 0 Å². The first-order chi connectivity index (χ1) is 15.5. The molecule has 1 unspecified atom stereocenters. The number of nitrogens with zero attached hydrogens (tertiary/aromatic N) is 2. The zero-order chi connectivity index (χ0) is 22.7. The van der Waals surface area contributed by atoms with E-state index in [1.807, 2.05) is 23.1 Å². The average Bonchev–Trinajstić information content (AvgIpc) is 2.83. The Kier molecular flexibility index (Phi) is 6.53. The number of piperidine rings is 1. The highest BCUT2D eigenvalue weighted by Crippen LogP contribution is 2.29. The minimum absolute atomic E-state index is 0.0390. The minimum atomic E-state index is -0.677. The third kappa shape index (κ3) is 4.52. The molecule has 0 radical (unpaired) electrons. The van der Waals surface area contributed by atoms with Gasteiger partial charge in [0, 0.05) is 38.2 Å². The van der Waals surface area contributed by atoms with Crippen molar-refractivity contribution < 1.29 is 18.8 Å². The highest BCUT2D eigenvalue weighted by atomic mass is 19.1. The maximum atomic E-state index is 14.4. The van der Waals surface area contributed by atoms with E-state index in [1.165, 1.54) is 23.1 Å². The Morgan fingerprint density at radius 1 is 1.03 bits per heavy atom. The number of halogens is 1. The number of nitrogens with one attached hydrogen (secondary N) is 1. The third-order valence-electron chi connectivity index (χ3n) is 6.26. The van der Waals surface area contributed by atoms with Crippen LogP contribution in [0.3, 0.4) is 0 Å². The lowest BCUT2D eigenvalue weighted by Gasteiger charge is -2.39. The van der Waals surface area contributed by atoms with Gasteiger partial charge in [-0.05, 0) is 54.7 Å². The van der Waals surface area contributed by atoms with E-state index in [1.54, 1.807) is 13.0 Å². The van der Waals surface area contributed by atoms with Crippen LogP contribution in [0.1, 0.15) is 54.1 Å². The van der Waals surface area contributed by atoms with Gasteiger partial charge in [-0.15, -0.1) is 0 Å². The maximum absolute atomic E-state index is 14.4. The first-order valence-electron chi connectivity index (χ1n) is 11.2. The van der Waals surface area contributed by atoms with Crippen molar-refractivity contribution in [1.82, 2.24) is 9.80 Å². The fraction of sp³-hybridized carbons (Fsp3) is 0.400. The first-order valence-corrected chi connectivity index (χ1v) is 11.2. The van der Waals surface area contributed by atoms with Crippen LogP contribution in [0.2, 0.25) is 0 Å². The predicted octanol–water partition coefficient (Wildman–Crippen LogP) is 3.75. The molecule has 1 saturated heterocycles. The molecule has 2 heterocycles. The Morgan fingerprint density at radius 3 is 2.50 bits per heavy atom. The monoisotopic (exact) mass is 437 g/mol. The van der Waals surface area contributed by atoms with Crippen LogP contribution in [0, 0.1) is 5.82 Å². The van der Waals surface area contributed by atoms with Gasteiger partial charge in [-0.3, -0.25) is 14.4 Å². The van der Waals surface area contributed by atoms with Crippen LogP contribution in [0.15, 0.2) is 42.5 Å². The molecule has 7 heteroatoms. The van der Waals surface area contributed by atoms with Gasteiger partial charge >= 0.3 is 0 Å². The van der Waals surface area contributed by atoms with Gasteiger partial charge in [-0.2, -0.15) is 0 Å². The molecule has 2 aliphatic heterocycles. The molecule has 6 nitrogen and oxygen atoms in total. The number of rotatable bonds is 4. The summed E-state index contributed by atoms with van der Waals surface area (Å²) in [6, 6.07) is 10.8. The molecule has 1 fully saturated rings. The molecule has 2 aliphatic rings. The summed E-state index contributed by atoms with van der Waals surface area (Å²) in [4.78, 5) is 41.9. The van der Waals surface area contributed by atoms with Crippen molar-refractivity contribution in [3.63, 3.8) is 0 Å². The normalized spacial score (nSPS) is 18.1. The molecule has 0 saturated carbocycles. The van der Waals surface area contributed by atoms with Crippen LogP contribution in [0.4, 0.5) is 10.1 Å². The van der Waals surface area contributed by atoms with Gasteiger partial charge in [0.1, 0.15) is 11.9 Å². The van der Waals surface area contributed by atoms with Crippen LogP contribution in [-0.2, 0) is 22.6 Å². The summed E-state index contributed by atoms with van der Waals surface area (Å²) in [5.41, 5.74) is 2.43.